The van der Waals surface area contributed by atoms with Crippen molar-refractivity contribution in [1.82, 2.24) is 0 Å². The van der Waals surface area contributed by atoms with Gasteiger partial charge in [0.25, 0.3) is 0 Å². The van der Waals surface area contributed by atoms with Crippen molar-refractivity contribution in [2.75, 3.05) is 0 Å². The van der Waals surface area contributed by atoms with E-state index < -0.39 is 5.97 Å². The van der Waals surface area contributed by atoms with E-state index in [-0.39, 0.29) is 24.3 Å². The summed E-state index contributed by atoms with van der Waals surface area (Å²) in [5, 5.41) is 26.7. The van der Waals surface area contributed by atoms with Crippen LogP contribution in [0.1, 0.15) is 12.0 Å². The minimum absolute atomic E-state index is 0.0585. The summed E-state index contributed by atoms with van der Waals surface area (Å²) >= 11 is 0. The fourth-order valence-electron chi connectivity index (χ4n) is 1.02. The number of hydrogen-bond acceptors (Lipinski definition) is 3. The summed E-state index contributed by atoms with van der Waals surface area (Å²) in [7, 11) is 0. The van der Waals surface area contributed by atoms with Gasteiger partial charge in [-0.15, -0.1) is 0 Å². The van der Waals surface area contributed by atoms with E-state index in [0.717, 1.165) is 0 Å². The van der Waals surface area contributed by atoms with Crippen molar-refractivity contribution < 1.29 is 20.1 Å². The molecule has 0 atom stereocenters. The summed E-state index contributed by atoms with van der Waals surface area (Å²) in [6, 6.07) is 4.49. The van der Waals surface area contributed by atoms with Gasteiger partial charge in [-0.05, 0) is 18.1 Å². The van der Waals surface area contributed by atoms with Gasteiger partial charge in [0, 0.05) is 6.42 Å². The summed E-state index contributed by atoms with van der Waals surface area (Å²) in [6.45, 7) is 0. The number of para-hydroxylation sites is 1. The van der Waals surface area contributed by atoms with Crippen molar-refractivity contribution in [1.29, 1.82) is 0 Å². The predicted molar refractivity (Wildman–Crippen MR) is 45.7 cm³/mol. The van der Waals surface area contributed by atoms with Gasteiger partial charge in [0.05, 0.1) is 0 Å². The van der Waals surface area contributed by atoms with Gasteiger partial charge in [0.15, 0.2) is 11.5 Å². The van der Waals surface area contributed by atoms with Gasteiger partial charge in [-0.3, -0.25) is 4.79 Å². The van der Waals surface area contributed by atoms with Crippen molar-refractivity contribution in [3.8, 4) is 11.5 Å². The Labute approximate surface area is 75.1 Å². The number of carboxylic acid groups (broad SMARTS) is 1. The Balaban J connectivity index is 2.77. The highest BCUT2D eigenvalue weighted by Crippen LogP contribution is 2.28. The second-order valence-corrected chi connectivity index (χ2v) is 2.68. The highest BCUT2D eigenvalue weighted by Gasteiger charge is 2.06. The summed E-state index contributed by atoms with van der Waals surface area (Å²) in [6.07, 6.45) is 0.159. The number of aryl methyl sites for hydroxylation is 1. The molecule has 0 saturated carbocycles. The number of benzene rings is 1. The van der Waals surface area contributed by atoms with E-state index in [2.05, 4.69) is 0 Å². The Morgan fingerprint density at radius 2 is 2.00 bits per heavy atom. The monoisotopic (exact) mass is 182 g/mol. The maximum atomic E-state index is 10.2. The van der Waals surface area contributed by atoms with Crippen LogP contribution in [0.3, 0.4) is 0 Å². The van der Waals surface area contributed by atoms with E-state index >= 15 is 0 Å². The van der Waals surface area contributed by atoms with Crippen LogP contribution in [0.5, 0.6) is 11.5 Å². The zero-order chi connectivity index (χ0) is 9.84. The van der Waals surface area contributed by atoms with Gasteiger partial charge in [0.1, 0.15) is 0 Å². The average molecular weight is 182 g/mol. The Hall–Kier alpha value is -1.71. The first-order valence-electron chi connectivity index (χ1n) is 3.83. The first-order valence-corrected chi connectivity index (χ1v) is 3.83. The standard InChI is InChI=1S/C9H10O4/c10-7-3-1-2-6(9(7)13)4-5-8(11)12/h1-3,10,13H,4-5H2,(H,11,12). The lowest BCUT2D eigenvalue weighted by Crippen LogP contribution is -1.97. The van der Waals surface area contributed by atoms with Crippen LogP contribution in [0.2, 0.25) is 0 Å². The lowest BCUT2D eigenvalue weighted by Gasteiger charge is -2.03. The molecule has 0 spiro atoms. The molecule has 0 aliphatic carbocycles. The van der Waals surface area contributed by atoms with Crippen LogP contribution in [0.4, 0.5) is 0 Å². The number of aromatic hydroxyl groups is 2. The normalized spacial score (nSPS) is 9.85. The zero-order valence-corrected chi connectivity index (χ0v) is 6.90. The van der Waals surface area contributed by atoms with Crippen LogP contribution < -0.4 is 0 Å². The largest absolute Gasteiger partial charge is 0.504 e. The minimum Gasteiger partial charge on any atom is -0.504 e. The number of carboxylic acids is 1. The molecule has 1 aromatic carbocycles. The summed E-state index contributed by atoms with van der Waals surface area (Å²) in [5.41, 5.74) is 0.447. The highest BCUT2D eigenvalue weighted by molar-refractivity contribution is 5.67. The third kappa shape index (κ3) is 2.37. The van der Waals surface area contributed by atoms with Crippen molar-refractivity contribution >= 4 is 5.97 Å². The molecule has 0 amide bonds. The SMILES string of the molecule is O=C(O)CCc1cccc(O)c1O. The van der Waals surface area contributed by atoms with Crippen LogP contribution in [0, 0.1) is 0 Å². The molecule has 3 N–H and O–H groups in total. The Morgan fingerprint density at radius 3 is 2.62 bits per heavy atom. The Bertz CT molecular complexity index is 319. The van der Waals surface area contributed by atoms with Crippen LogP contribution in [0.25, 0.3) is 0 Å². The Morgan fingerprint density at radius 1 is 1.31 bits per heavy atom. The summed E-state index contributed by atoms with van der Waals surface area (Å²) < 4.78 is 0. The van der Waals surface area contributed by atoms with E-state index in [1.807, 2.05) is 0 Å². The fourth-order valence-corrected chi connectivity index (χ4v) is 1.02. The van der Waals surface area contributed by atoms with Crippen molar-refractivity contribution in [3.05, 3.63) is 23.8 Å². The second-order valence-electron chi connectivity index (χ2n) is 2.68. The molecule has 4 heteroatoms. The molecule has 0 heterocycles. The van der Waals surface area contributed by atoms with E-state index in [4.69, 9.17) is 10.2 Å². The number of hydrogen-bond donors (Lipinski definition) is 3. The molecule has 0 unspecified atom stereocenters. The van der Waals surface area contributed by atoms with E-state index in [9.17, 15) is 9.90 Å². The topological polar surface area (TPSA) is 77.8 Å². The zero-order valence-electron chi connectivity index (χ0n) is 6.90. The van der Waals surface area contributed by atoms with Gasteiger partial charge >= 0.3 is 5.97 Å². The molecule has 13 heavy (non-hydrogen) atoms. The average Bonchev–Trinajstić information content (AvgIpc) is 2.07. The molecule has 0 aromatic heterocycles. The van der Waals surface area contributed by atoms with Gasteiger partial charge in [-0.2, -0.15) is 0 Å². The molecule has 70 valence electrons. The van der Waals surface area contributed by atoms with Crippen molar-refractivity contribution in [2.24, 2.45) is 0 Å². The lowest BCUT2D eigenvalue weighted by atomic mass is 10.1. The third-order valence-corrected chi connectivity index (χ3v) is 1.71. The van der Waals surface area contributed by atoms with Crippen LogP contribution in [-0.2, 0) is 11.2 Å². The van der Waals surface area contributed by atoms with Gasteiger partial charge in [-0.25, -0.2) is 0 Å². The van der Waals surface area contributed by atoms with E-state index in [1.54, 1.807) is 12.1 Å². The number of aliphatic carboxylic acids is 1. The number of rotatable bonds is 3. The maximum absolute atomic E-state index is 10.2. The molecule has 0 bridgehead atoms. The minimum atomic E-state index is -0.928. The van der Waals surface area contributed by atoms with E-state index in [1.165, 1.54) is 6.07 Å². The molecular formula is C9H10O4. The first-order chi connectivity index (χ1) is 6.11. The Kier molecular flexibility index (Phi) is 2.74. The highest BCUT2D eigenvalue weighted by atomic mass is 16.4. The number of phenols is 2. The molecule has 0 aliphatic rings. The van der Waals surface area contributed by atoms with Crippen molar-refractivity contribution in [3.63, 3.8) is 0 Å². The van der Waals surface area contributed by atoms with Crippen LogP contribution >= 0.6 is 0 Å². The third-order valence-electron chi connectivity index (χ3n) is 1.71. The second kappa shape index (κ2) is 3.80. The predicted octanol–water partition coefficient (Wildman–Crippen LogP) is 1.11. The molecule has 0 radical (unpaired) electrons. The van der Waals surface area contributed by atoms with E-state index in [0.29, 0.717) is 5.56 Å². The molecule has 4 nitrogen and oxygen atoms in total. The molecular weight excluding hydrogens is 172 g/mol. The smallest absolute Gasteiger partial charge is 0.303 e. The summed E-state index contributed by atoms with van der Waals surface area (Å²) in [4.78, 5) is 10.2. The first kappa shape index (κ1) is 9.38. The lowest BCUT2D eigenvalue weighted by molar-refractivity contribution is -0.136. The van der Waals surface area contributed by atoms with Gasteiger partial charge < -0.3 is 15.3 Å². The fraction of sp³-hybridized carbons (Fsp3) is 0.222. The number of carbonyl (C=O) groups is 1. The van der Waals surface area contributed by atoms with Gasteiger partial charge in [0.2, 0.25) is 0 Å². The van der Waals surface area contributed by atoms with Gasteiger partial charge in [-0.1, -0.05) is 12.1 Å². The quantitative estimate of drug-likeness (QED) is 0.612. The maximum Gasteiger partial charge on any atom is 0.303 e. The molecule has 0 fully saturated rings. The molecule has 1 aromatic rings. The van der Waals surface area contributed by atoms with Crippen LogP contribution in [-0.4, -0.2) is 21.3 Å². The summed E-state index contributed by atoms with van der Waals surface area (Å²) in [5.74, 6) is -1.38. The molecule has 1 rings (SSSR count). The van der Waals surface area contributed by atoms with Crippen molar-refractivity contribution in [2.45, 2.75) is 12.8 Å². The molecule has 0 aliphatic heterocycles. The van der Waals surface area contributed by atoms with Crippen LogP contribution in [0.15, 0.2) is 18.2 Å². The number of phenolic OH excluding ortho intramolecular Hbond substituents is 2. The molecule has 0 saturated heterocycles.